The highest BCUT2D eigenvalue weighted by Gasteiger charge is 2.16. The number of ether oxygens (including phenoxy) is 1. The molecule has 0 spiro atoms. The van der Waals surface area contributed by atoms with E-state index >= 15 is 0 Å². The molecule has 0 atom stereocenters. The van der Waals surface area contributed by atoms with E-state index in [1.807, 2.05) is 13.0 Å². The van der Waals surface area contributed by atoms with Gasteiger partial charge in [-0.15, -0.1) is 0 Å². The molecule has 0 radical (unpaired) electrons. The quantitative estimate of drug-likeness (QED) is 0.628. The number of nitrogen functional groups attached to an aromatic ring is 1. The average Bonchev–Trinajstić information content (AvgIpc) is 2.34. The average molecular weight is 234 g/mol. The van der Waals surface area contributed by atoms with Crippen LogP contribution in [0.15, 0.2) is 18.2 Å². The normalized spacial score (nSPS) is 14.8. The Balaban J connectivity index is 1.97. The van der Waals surface area contributed by atoms with Gasteiger partial charge in [0.25, 0.3) is 0 Å². The third-order valence-electron chi connectivity index (χ3n) is 3.24. The zero-order valence-corrected chi connectivity index (χ0v) is 10.6. The van der Waals surface area contributed by atoms with Gasteiger partial charge in [-0.05, 0) is 49.9 Å². The molecule has 1 aliphatic heterocycles. The highest BCUT2D eigenvalue weighted by Crippen LogP contribution is 2.28. The smallest absolute Gasteiger partial charge is 0.0482 e. The van der Waals surface area contributed by atoms with E-state index < -0.39 is 0 Å². The molecule has 0 fully saturated rings. The van der Waals surface area contributed by atoms with Gasteiger partial charge < -0.3 is 15.4 Å². The second kappa shape index (κ2) is 5.92. The van der Waals surface area contributed by atoms with Crippen LogP contribution in [0.5, 0.6) is 0 Å². The van der Waals surface area contributed by atoms with Crippen LogP contribution < -0.4 is 10.6 Å². The van der Waals surface area contributed by atoms with Crippen molar-refractivity contribution in [1.29, 1.82) is 0 Å². The lowest BCUT2D eigenvalue weighted by atomic mass is 10.0. The second-order valence-electron chi connectivity index (χ2n) is 4.53. The largest absolute Gasteiger partial charge is 0.399 e. The number of anilines is 2. The van der Waals surface area contributed by atoms with Crippen molar-refractivity contribution in [3.8, 4) is 0 Å². The molecule has 3 heteroatoms. The van der Waals surface area contributed by atoms with Gasteiger partial charge in [-0.3, -0.25) is 0 Å². The van der Waals surface area contributed by atoms with Gasteiger partial charge in [0.15, 0.2) is 0 Å². The van der Waals surface area contributed by atoms with E-state index in [2.05, 4.69) is 17.0 Å². The van der Waals surface area contributed by atoms with Gasteiger partial charge in [-0.2, -0.15) is 0 Å². The number of benzene rings is 1. The van der Waals surface area contributed by atoms with Crippen molar-refractivity contribution in [2.75, 3.05) is 36.9 Å². The Bertz CT molecular complexity index is 365. The van der Waals surface area contributed by atoms with Crippen LogP contribution in [0.1, 0.15) is 25.3 Å². The third kappa shape index (κ3) is 3.13. The zero-order valence-electron chi connectivity index (χ0n) is 10.6. The summed E-state index contributed by atoms with van der Waals surface area (Å²) in [6.45, 7) is 5.95. The fourth-order valence-electron chi connectivity index (χ4n) is 2.43. The van der Waals surface area contributed by atoms with Gasteiger partial charge in [-0.1, -0.05) is 0 Å². The maximum absolute atomic E-state index is 5.83. The van der Waals surface area contributed by atoms with E-state index in [-0.39, 0.29) is 0 Å². The fraction of sp³-hybridized carbons (Fsp3) is 0.571. The van der Waals surface area contributed by atoms with Gasteiger partial charge in [-0.25, -0.2) is 0 Å². The first kappa shape index (κ1) is 12.2. The predicted molar refractivity (Wildman–Crippen MR) is 72.5 cm³/mol. The number of rotatable bonds is 5. The van der Waals surface area contributed by atoms with Crippen LogP contribution in [-0.2, 0) is 11.2 Å². The molecular formula is C14H22N2O. The Morgan fingerprint density at radius 3 is 3.12 bits per heavy atom. The maximum atomic E-state index is 5.83. The van der Waals surface area contributed by atoms with Crippen LogP contribution in [-0.4, -0.2) is 26.3 Å². The van der Waals surface area contributed by atoms with E-state index in [1.165, 1.54) is 17.7 Å². The number of hydrogen-bond donors (Lipinski definition) is 1. The molecule has 2 rings (SSSR count). The van der Waals surface area contributed by atoms with E-state index in [1.54, 1.807) is 0 Å². The topological polar surface area (TPSA) is 38.5 Å². The molecule has 0 unspecified atom stereocenters. The van der Waals surface area contributed by atoms with Crippen molar-refractivity contribution in [1.82, 2.24) is 0 Å². The van der Waals surface area contributed by atoms with Crippen LogP contribution in [0, 0.1) is 0 Å². The lowest BCUT2D eigenvalue weighted by Crippen LogP contribution is -2.30. The van der Waals surface area contributed by atoms with Crippen molar-refractivity contribution >= 4 is 11.4 Å². The number of nitrogens with two attached hydrogens (primary N) is 1. The zero-order chi connectivity index (χ0) is 12.1. The summed E-state index contributed by atoms with van der Waals surface area (Å²) in [5.41, 5.74) is 9.46. The highest BCUT2D eigenvalue weighted by molar-refractivity contribution is 5.61. The summed E-state index contributed by atoms with van der Waals surface area (Å²) < 4.78 is 5.38. The molecular weight excluding hydrogens is 212 g/mol. The van der Waals surface area contributed by atoms with Gasteiger partial charge in [0.05, 0.1) is 0 Å². The Morgan fingerprint density at radius 2 is 2.29 bits per heavy atom. The number of aryl methyl sites for hydroxylation is 1. The highest BCUT2D eigenvalue weighted by atomic mass is 16.5. The molecule has 0 aromatic heterocycles. The summed E-state index contributed by atoms with van der Waals surface area (Å²) in [5.74, 6) is 0. The molecule has 3 nitrogen and oxygen atoms in total. The molecule has 1 aromatic rings. The minimum absolute atomic E-state index is 0.813. The third-order valence-corrected chi connectivity index (χ3v) is 3.24. The van der Waals surface area contributed by atoms with Crippen LogP contribution in [0.25, 0.3) is 0 Å². The first-order chi connectivity index (χ1) is 8.31. The number of fused-ring (bicyclic) bond motifs is 1. The van der Waals surface area contributed by atoms with E-state index in [4.69, 9.17) is 10.5 Å². The van der Waals surface area contributed by atoms with Gasteiger partial charge in [0.2, 0.25) is 0 Å². The number of hydrogen-bond acceptors (Lipinski definition) is 3. The van der Waals surface area contributed by atoms with E-state index in [9.17, 15) is 0 Å². The van der Waals surface area contributed by atoms with Crippen LogP contribution in [0.4, 0.5) is 11.4 Å². The summed E-state index contributed by atoms with van der Waals surface area (Å²) in [6, 6.07) is 6.27. The van der Waals surface area contributed by atoms with Gasteiger partial charge >= 0.3 is 0 Å². The summed E-state index contributed by atoms with van der Waals surface area (Å²) in [6.07, 6.45) is 3.48. The first-order valence-electron chi connectivity index (χ1n) is 6.52. The van der Waals surface area contributed by atoms with Crippen molar-refractivity contribution in [3.05, 3.63) is 23.8 Å². The molecule has 0 saturated heterocycles. The molecule has 1 heterocycles. The first-order valence-corrected chi connectivity index (χ1v) is 6.52. The van der Waals surface area contributed by atoms with Crippen LogP contribution in [0.2, 0.25) is 0 Å². The molecule has 0 aliphatic carbocycles. The minimum Gasteiger partial charge on any atom is -0.399 e. The summed E-state index contributed by atoms with van der Waals surface area (Å²) >= 11 is 0. The van der Waals surface area contributed by atoms with Crippen molar-refractivity contribution in [2.45, 2.75) is 26.2 Å². The Kier molecular flexibility index (Phi) is 4.26. The molecule has 94 valence electrons. The fourth-order valence-corrected chi connectivity index (χ4v) is 2.43. The van der Waals surface area contributed by atoms with Crippen LogP contribution >= 0.6 is 0 Å². The lowest BCUT2D eigenvalue weighted by molar-refractivity contribution is 0.146. The summed E-state index contributed by atoms with van der Waals surface area (Å²) in [4.78, 5) is 2.46. The maximum Gasteiger partial charge on any atom is 0.0482 e. The van der Waals surface area contributed by atoms with Crippen molar-refractivity contribution in [2.24, 2.45) is 0 Å². The van der Waals surface area contributed by atoms with Gasteiger partial charge in [0.1, 0.15) is 0 Å². The van der Waals surface area contributed by atoms with E-state index in [0.29, 0.717) is 0 Å². The number of nitrogens with zero attached hydrogens (tertiary/aromatic N) is 1. The molecule has 2 N–H and O–H groups in total. The Morgan fingerprint density at radius 1 is 1.41 bits per heavy atom. The van der Waals surface area contributed by atoms with Crippen molar-refractivity contribution < 1.29 is 4.74 Å². The second-order valence-corrected chi connectivity index (χ2v) is 4.53. The molecule has 17 heavy (non-hydrogen) atoms. The summed E-state index contributed by atoms with van der Waals surface area (Å²) in [5, 5.41) is 0. The molecule has 0 amide bonds. The van der Waals surface area contributed by atoms with Crippen molar-refractivity contribution in [3.63, 3.8) is 0 Å². The molecule has 0 saturated carbocycles. The van der Waals surface area contributed by atoms with E-state index in [0.717, 1.165) is 44.8 Å². The lowest BCUT2D eigenvalue weighted by Gasteiger charge is -2.31. The monoisotopic (exact) mass is 234 g/mol. The molecule has 1 aliphatic rings. The molecule has 1 aromatic carbocycles. The Labute approximate surface area is 104 Å². The standard InChI is InChI=1S/C14H22N2O/c1-2-17-10-4-9-16-8-3-5-12-11-13(15)6-7-14(12)16/h6-7,11H,2-5,8-10,15H2,1H3. The minimum atomic E-state index is 0.813. The SMILES string of the molecule is CCOCCCN1CCCc2cc(N)ccc21. The molecule has 0 bridgehead atoms. The van der Waals surface area contributed by atoms with Gasteiger partial charge in [0, 0.05) is 37.7 Å². The Hall–Kier alpha value is -1.22. The van der Waals surface area contributed by atoms with Crippen LogP contribution in [0.3, 0.4) is 0 Å². The predicted octanol–water partition coefficient (Wildman–Crippen LogP) is 2.45. The summed E-state index contributed by atoms with van der Waals surface area (Å²) in [7, 11) is 0.